The maximum absolute atomic E-state index is 13.1. The van der Waals surface area contributed by atoms with Gasteiger partial charge in [-0.1, -0.05) is 45.4 Å². The van der Waals surface area contributed by atoms with E-state index in [1.54, 1.807) is 33.2 Å². The van der Waals surface area contributed by atoms with Gasteiger partial charge in [0.25, 0.3) is 0 Å². The number of nitrogens with zero attached hydrogens (tertiary/aromatic N) is 1. The molecule has 0 fully saturated rings. The van der Waals surface area contributed by atoms with Gasteiger partial charge in [-0.3, -0.25) is 14.6 Å². The van der Waals surface area contributed by atoms with E-state index in [1.165, 1.54) is 5.57 Å². The first-order valence-corrected chi connectivity index (χ1v) is 11.9. The molecular weight excluding hydrogens is 418 g/mol. The van der Waals surface area contributed by atoms with Crippen molar-refractivity contribution in [1.29, 1.82) is 0 Å². The second-order valence-electron chi connectivity index (χ2n) is 9.91. The van der Waals surface area contributed by atoms with E-state index in [9.17, 15) is 19.8 Å². The number of pyridine rings is 1. The lowest BCUT2D eigenvalue weighted by Gasteiger charge is -2.34. The largest absolute Gasteiger partial charge is 0.458 e. The molecule has 0 unspecified atom stereocenters. The number of allylic oxidation sites excluding steroid dienone is 1. The third-order valence-electron chi connectivity index (χ3n) is 6.76. The summed E-state index contributed by atoms with van der Waals surface area (Å²) in [6.07, 6.45) is 9.50. The number of ketones is 1. The molecule has 1 aliphatic rings. The SMILES string of the molecule is CC1=CC[C@@H](C=Cc2ccncc2)OC(=O)C[C@H](O)C(C)(C)C(=O)[C@H](C)[C@@H](O)[C@@H](C)CCC1. The lowest BCUT2D eigenvalue weighted by atomic mass is 9.73. The molecule has 182 valence electrons. The predicted molar refractivity (Wildman–Crippen MR) is 129 cm³/mol. The van der Waals surface area contributed by atoms with E-state index in [-0.39, 0.29) is 18.1 Å². The lowest BCUT2D eigenvalue weighted by Crippen LogP contribution is -2.45. The number of hydrogen-bond donors (Lipinski definition) is 2. The predicted octanol–water partition coefficient (Wildman–Crippen LogP) is 4.51. The molecule has 0 bridgehead atoms. The van der Waals surface area contributed by atoms with Crippen LogP contribution in [0.15, 0.2) is 42.3 Å². The first kappa shape index (κ1) is 26.9. The topological polar surface area (TPSA) is 96.7 Å². The minimum absolute atomic E-state index is 0.0430. The van der Waals surface area contributed by atoms with Crippen molar-refractivity contribution in [2.75, 3.05) is 0 Å². The molecule has 0 saturated carbocycles. The monoisotopic (exact) mass is 457 g/mol. The molecule has 1 aliphatic heterocycles. The van der Waals surface area contributed by atoms with Crippen molar-refractivity contribution in [2.24, 2.45) is 17.3 Å². The van der Waals surface area contributed by atoms with Crippen molar-refractivity contribution < 1.29 is 24.5 Å². The van der Waals surface area contributed by atoms with Gasteiger partial charge in [-0.2, -0.15) is 0 Å². The summed E-state index contributed by atoms with van der Waals surface area (Å²) in [5.41, 5.74) is 0.948. The fraction of sp³-hybridized carbons (Fsp3) is 0.593. The first-order chi connectivity index (χ1) is 15.5. The standard InChI is InChI=1S/C27H39NO5/c1-18-7-6-8-19(2)25(31)20(3)26(32)27(4,5)23(29)17-24(30)33-22(11-9-18)12-10-21-13-15-28-16-14-21/h9-10,12-16,19-20,22-23,25,29,31H,6-8,11,17H2,1-5H3/t19-,20+,22-,23-,25-/m0/s1. The van der Waals surface area contributed by atoms with Crippen molar-refractivity contribution in [3.63, 3.8) is 0 Å². The minimum atomic E-state index is -1.21. The van der Waals surface area contributed by atoms with Crippen LogP contribution in [0.4, 0.5) is 0 Å². The second-order valence-corrected chi connectivity index (χ2v) is 9.91. The average molecular weight is 458 g/mol. The van der Waals surface area contributed by atoms with Crippen LogP contribution in [0, 0.1) is 17.3 Å². The molecule has 0 spiro atoms. The Kier molecular flexibility index (Phi) is 9.99. The summed E-state index contributed by atoms with van der Waals surface area (Å²) in [5.74, 6) is -1.49. The van der Waals surface area contributed by atoms with Crippen molar-refractivity contribution in [2.45, 2.75) is 85.0 Å². The van der Waals surface area contributed by atoms with E-state index < -0.39 is 35.6 Å². The van der Waals surface area contributed by atoms with E-state index >= 15 is 0 Å². The summed E-state index contributed by atoms with van der Waals surface area (Å²) in [6.45, 7) is 8.95. The minimum Gasteiger partial charge on any atom is -0.458 e. The molecule has 2 N–H and O–H groups in total. The normalized spacial score (nSPS) is 30.6. The van der Waals surface area contributed by atoms with Crippen molar-refractivity contribution >= 4 is 17.8 Å². The van der Waals surface area contributed by atoms with Crippen LogP contribution in [0.3, 0.4) is 0 Å². The highest BCUT2D eigenvalue weighted by atomic mass is 16.5. The van der Waals surface area contributed by atoms with Crippen LogP contribution in [0.1, 0.15) is 72.3 Å². The van der Waals surface area contributed by atoms with Crippen LogP contribution in [-0.2, 0) is 14.3 Å². The number of aliphatic hydroxyl groups is 2. The summed E-state index contributed by atoms with van der Waals surface area (Å²) in [7, 11) is 0. The van der Waals surface area contributed by atoms with E-state index in [4.69, 9.17) is 4.74 Å². The zero-order valence-corrected chi connectivity index (χ0v) is 20.5. The van der Waals surface area contributed by atoms with Crippen LogP contribution in [-0.4, -0.2) is 45.3 Å². The van der Waals surface area contributed by atoms with E-state index in [0.29, 0.717) is 6.42 Å². The molecule has 0 aromatic carbocycles. The maximum Gasteiger partial charge on any atom is 0.309 e. The number of aromatic nitrogens is 1. The number of carbonyl (C=O) groups excluding carboxylic acids is 2. The molecule has 0 saturated heterocycles. The number of ether oxygens (including phenoxy) is 1. The van der Waals surface area contributed by atoms with Gasteiger partial charge < -0.3 is 14.9 Å². The van der Waals surface area contributed by atoms with Crippen molar-refractivity contribution in [3.8, 4) is 0 Å². The second kappa shape index (κ2) is 12.2. The van der Waals surface area contributed by atoms with E-state index in [1.807, 2.05) is 38.1 Å². The number of rotatable bonds is 2. The molecule has 1 aromatic heterocycles. The highest BCUT2D eigenvalue weighted by Crippen LogP contribution is 2.32. The fourth-order valence-corrected chi connectivity index (χ4v) is 4.18. The smallest absolute Gasteiger partial charge is 0.309 e. The van der Waals surface area contributed by atoms with Crippen LogP contribution < -0.4 is 0 Å². The quantitative estimate of drug-likeness (QED) is 0.501. The van der Waals surface area contributed by atoms with Gasteiger partial charge in [0.05, 0.1) is 24.0 Å². The Morgan fingerprint density at radius 2 is 1.82 bits per heavy atom. The van der Waals surface area contributed by atoms with Crippen molar-refractivity contribution in [3.05, 3.63) is 47.8 Å². The summed E-state index contributed by atoms with van der Waals surface area (Å²) < 4.78 is 5.68. The molecule has 5 atom stereocenters. The molecule has 33 heavy (non-hydrogen) atoms. The number of cyclic esters (lactones) is 1. The Morgan fingerprint density at radius 1 is 1.15 bits per heavy atom. The molecule has 2 rings (SSSR count). The van der Waals surface area contributed by atoms with Gasteiger partial charge in [-0.25, -0.2) is 0 Å². The van der Waals surface area contributed by atoms with Gasteiger partial charge in [0.1, 0.15) is 11.9 Å². The first-order valence-electron chi connectivity index (χ1n) is 11.9. The van der Waals surface area contributed by atoms with Gasteiger partial charge in [0, 0.05) is 24.7 Å². The number of hydrogen-bond acceptors (Lipinski definition) is 6. The summed E-state index contributed by atoms with van der Waals surface area (Å²) in [6, 6.07) is 3.73. The average Bonchev–Trinajstić information content (AvgIpc) is 2.79. The van der Waals surface area contributed by atoms with E-state index in [0.717, 1.165) is 24.8 Å². The Balaban J connectivity index is 2.27. The number of carbonyl (C=O) groups is 2. The highest BCUT2D eigenvalue weighted by molar-refractivity contribution is 5.88. The molecule has 0 radical (unpaired) electrons. The molecule has 2 heterocycles. The third kappa shape index (κ3) is 7.90. The summed E-state index contributed by atoms with van der Waals surface area (Å²) in [5, 5.41) is 21.5. The molecular formula is C27H39NO5. The maximum atomic E-state index is 13.1. The Labute approximate surface area is 197 Å². The number of aliphatic hydroxyl groups excluding tert-OH is 2. The molecule has 6 heteroatoms. The summed E-state index contributed by atoms with van der Waals surface area (Å²) in [4.78, 5) is 29.8. The summed E-state index contributed by atoms with van der Waals surface area (Å²) >= 11 is 0. The van der Waals surface area contributed by atoms with Gasteiger partial charge in [0.2, 0.25) is 0 Å². The molecule has 1 aromatic rings. The molecule has 0 aliphatic carbocycles. The van der Waals surface area contributed by atoms with Gasteiger partial charge >= 0.3 is 5.97 Å². The van der Waals surface area contributed by atoms with Crippen LogP contribution in [0.2, 0.25) is 0 Å². The van der Waals surface area contributed by atoms with Crippen LogP contribution >= 0.6 is 0 Å². The zero-order valence-electron chi connectivity index (χ0n) is 20.5. The number of esters is 1. The zero-order chi connectivity index (χ0) is 24.6. The highest BCUT2D eigenvalue weighted by Gasteiger charge is 2.42. The van der Waals surface area contributed by atoms with Gasteiger partial charge in [0.15, 0.2) is 0 Å². The van der Waals surface area contributed by atoms with Crippen LogP contribution in [0.25, 0.3) is 6.08 Å². The van der Waals surface area contributed by atoms with Crippen LogP contribution in [0.5, 0.6) is 0 Å². The third-order valence-corrected chi connectivity index (χ3v) is 6.76. The Bertz CT molecular complexity index is 845. The van der Waals surface area contributed by atoms with Crippen molar-refractivity contribution in [1.82, 2.24) is 4.98 Å². The number of Topliss-reactive ketones (excluding diaryl/α,β-unsaturated/α-hetero) is 1. The van der Waals surface area contributed by atoms with E-state index in [2.05, 4.69) is 11.1 Å². The van der Waals surface area contributed by atoms with Gasteiger partial charge in [-0.05, 0) is 55.9 Å². The Hall–Kier alpha value is -2.31. The lowest BCUT2D eigenvalue weighted by molar-refractivity contribution is -0.153. The Morgan fingerprint density at radius 3 is 2.48 bits per heavy atom. The van der Waals surface area contributed by atoms with Gasteiger partial charge in [-0.15, -0.1) is 0 Å². The fourth-order valence-electron chi connectivity index (χ4n) is 4.18. The molecule has 0 amide bonds. The molecule has 6 nitrogen and oxygen atoms in total.